The van der Waals surface area contributed by atoms with E-state index in [9.17, 15) is 9.59 Å². The molecule has 2 amide bonds. The van der Waals surface area contributed by atoms with Crippen molar-refractivity contribution >= 4 is 29.3 Å². The molecule has 7 nitrogen and oxygen atoms in total. The summed E-state index contributed by atoms with van der Waals surface area (Å²) in [5.74, 6) is 1.30. The predicted octanol–water partition coefficient (Wildman–Crippen LogP) is 2.86. The van der Waals surface area contributed by atoms with Gasteiger partial charge in [-0.15, -0.1) is 0 Å². The van der Waals surface area contributed by atoms with Crippen molar-refractivity contribution < 1.29 is 9.59 Å². The molecule has 0 aliphatic carbocycles. The molecular formula is C21H25N5O2. The van der Waals surface area contributed by atoms with E-state index in [1.807, 2.05) is 54.0 Å². The summed E-state index contributed by atoms with van der Waals surface area (Å²) in [7, 11) is 0. The van der Waals surface area contributed by atoms with E-state index < -0.39 is 5.41 Å². The van der Waals surface area contributed by atoms with Crippen LogP contribution >= 0.6 is 0 Å². The van der Waals surface area contributed by atoms with Gasteiger partial charge in [0.25, 0.3) is 0 Å². The minimum atomic E-state index is -0.654. The van der Waals surface area contributed by atoms with Gasteiger partial charge < -0.3 is 10.2 Å². The number of carbonyl (C=O) groups excluding carboxylic acids is 2. The number of amides is 2. The number of nitrogens with zero attached hydrogens (tertiary/aromatic N) is 4. The second kappa shape index (κ2) is 6.89. The normalized spacial score (nSPS) is 18.9. The number of benzene rings is 1. The fourth-order valence-electron chi connectivity index (χ4n) is 4.00. The Balaban J connectivity index is 1.64. The first kappa shape index (κ1) is 18.4. The van der Waals surface area contributed by atoms with Crippen molar-refractivity contribution in [2.45, 2.75) is 45.1 Å². The van der Waals surface area contributed by atoms with Crippen LogP contribution < -0.4 is 10.2 Å². The van der Waals surface area contributed by atoms with Gasteiger partial charge in [-0.25, -0.2) is 4.98 Å². The van der Waals surface area contributed by atoms with Crippen LogP contribution in [0.3, 0.4) is 0 Å². The fraction of sp³-hybridized carbons (Fsp3) is 0.429. The highest BCUT2D eigenvalue weighted by Crippen LogP contribution is 2.42. The van der Waals surface area contributed by atoms with E-state index in [-0.39, 0.29) is 17.9 Å². The highest BCUT2D eigenvalue weighted by atomic mass is 16.2. The van der Waals surface area contributed by atoms with Gasteiger partial charge in [0.2, 0.25) is 17.8 Å². The zero-order valence-electron chi connectivity index (χ0n) is 16.5. The van der Waals surface area contributed by atoms with Crippen molar-refractivity contribution in [3.63, 3.8) is 0 Å². The minimum Gasteiger partial charge on any atom is -0.343 e. The zero-order valence-corrected chi connectivity index (χ0v) is 16.5. The zero-order chi connectivity index (χ0) is 19.9. The molecule has 0 atom stereocenters. The number of anilines is 3. The van der Waals surface area contributed by atoms with Crippen molar-refractivity contribution in [2.24, 2.45) is 0 Å². The van der Waals surface area contributed by atoms with Gasteiger partial charge in [0.05, 0.1) is 5.41 Å². The van der Waals surface area contributed by atoms with Gasteiger partial charge in [0.15, 0.2) is 0 Å². The van der Waals surface area contributed by atoms with E-state index in [1.165, 1.54) is 0 Å². The molecule has 2 aliphatic heterocycles. The summed E-state index contributed by atoms with van der Waals surface area (Å²) in [5, 5.41) is 3.21. The summed E-state index contributed by atoms with van der Waals surface area (Å²) in [6.07, 6.45) is 3.27. The number of likely N-dealkylation sites (tertiary alicyclic amines) is 1. The molecule has 4 rings (SSSR count). The number of rotatable bonds is 3. The quantitative estimate of drug-likeness (QED) is 0.887. The van der Waals surface area contributed by atoms with Crippen LogP contribution in [0.15, 0.2) is 36.5 Å². The third-order valence-electron chi connectivity index (χ3n) is 5.73. The van der Waals surface area contributed by atoms with Crippen molar-refractivity contribution in [1.29, 1.82) is 0 Å². The van der Waals surface area contributed by atoms with E-state index >= 15 is 0 Å². The Hall–Kier alpha value is -2.96. The lowest BCUT2D eigenvalue weighted by molar-refractivity contribution is -0.129. The molecule has 1 fully saturated rings. The highest BCUT2D eigenvalue weighted by Gasteiger charge is 2.48. The first-order chi connectivity index (χ1) is 13.4. The monoisotopic (exact) mass is 379 g/mol. The second-order valence-electron chi connectivity index (χ2n) is 7.96. The summed E-state index contributed by atoms with van der Waals surface area (Å²) in [4.78, 5) is 37.7. The van der Waals surface area contributed by atoms with Gasteiger partial charge in [-0.2, -0.15) is 4.98 Å². The third kappa shape index (κ3) is 3.10. The maximum Gasteiger partial charge on any atom is 0.238 e. The summed E-state index contributed by atoms with van der Waals surface area (Å²) >= 11 is 0. The van der Waals surface area contributed by atoms with Crippen LogP contribution in [0.25, 0.3) is 0 Å². The first-order valence-electron chi connectivity index (χ1n) is 9.66. The molecule has 1 saturated heterocycles. The van der Waals surface area contributed by atoms with Crippen molar-refractivity contribution in [3.05, 3.63) is 42.1 Å². The fourth-order valence-corrected chi connectivity index (χ4v) is 4.00. The molecule has 7 heteroatoms. The summed E-state index contributed by atoms with van der Waals surface area (Å²) < 4.78 is 0. The van der Waals surface area contributed by atoms with Gasteiger partial charge in [-0.05, 0) is 38.8 Å². The Labute approximate surface area is 164 Å². The molecule has 3 heterocycles. The molecule has 1 aromatic carbocycles. The number of piperidine rings is 1. The molecule has 0 saturated carbocycles. The van der Waals surface area contributed by atoms with Gasteiger partial charge in [-0.3, -0.25) is 14.5 Å². The lowest BCUT2D eigenvalue weighted by Gasteiger charge is -2.36. The smallest absolute Gasteiger partial charge is 0.238 e. The number of carbonyl (C=O) groups is 2. The van der Waals surface area contributed by atoms with Crippen LogP contribution in [0.1, 0.15) is 39.2 Å². The van der Waals surface area contributed by atoms with Crippen molar-refractivity contribution in [3.8, 4) is 0 Å². The summed E-state index contributed by atoms with van der Waals surface area (Å²) in [6, 6.07) is 9.77. The minimum absolute atomic E-state index is 0.0445. The first-order valence-corrected chi connectivity index (χ1v) is 9.66. The highest BCUT2D eigenvalue weighted by molar-refractivity contribution is 6.07. The molecule has 0 unspecified atom stereocenters. The van der Waals surface area contributed by atoms with Gasteiger partial charge in [0, 0.05) is 43.5 Å². The second-order valence-corrected chi connectivity index (χ2v) is 7.96. The van der Waals surface area contributed by atoms with Crippen molar-refractivity contribution in [2.75, 3.05) is 23.3 Å². The third-order valence-corrected chi connectivity index (χ3v) is 5.73. The number of hydrogen-bond donors (Lipinski definition) is 1. The topological polar surface area (TPSA) is 78.4 Å². The SMILES string of the molecule is CC(=O)N1CCC(N2C(=O)C(C)(C)c3cnc(Nc4ccccc4)nc32)CC1. The van der Waals surface area contributed by atoms with Crippen LogP contribution in [0.2, 0.25) is 0 Å². The van der Waals surface area contributed by atoms with Crippen LogP contribution in [0.4, 0.5) is 17.5 Å². The Kier molecular flexibility index (Phi) is 4.53. The number of fused-ring (bicyclic) bond motifs is 1. The lowest BCUT2D eigenvalue weighted by Crippen LogP contribution is -2.49. The Morgan fingerprint density at radius 1 is 1.18 bits per heavy atom. The van der Waals surface area contributed by atoms with Crippen LogP contribution in [0, 0.1) is 0 Å². The molecule has 1 N–H and O–H groups in total. The van der Waals surface area contributed by atoms with E-state index in [0.717, 1.165) is 24.1 Å². The molecule has 28 heavy (non-hydrogen) atoms. The average Bonchev–Trinajstić information content (AvgIpc) is 2.88. The molecule has 1 aromatic heterocycles. The van der Waals surface area contributed by atoms with Gasteiger partial charge >= 0.3 is 0 Å². The standard InChI is InChI=1S/C21H25N5O2/c1-14(27)25-11-9-16(10-12-25)26-18-17(21(2,3)19(26)28)13-22-20(24-18)23-15-7-5-4-6-8-15/h4-8,13,16H,9-12H2,1-3H3,(H,22,23,24). The predicted molar refractivity (Wildman–Crippen MR) is 108 cm³/mol. The molecule has 0 spiro atoms. The molecule has 0 radical (unpaired) electrons. The van der Waals surface area contributed by atoms with Crippen LogP contribution in [-0.4, -0.2) is 45.8 Å². The molecule has 2 aliphatic rings. The number of nitrogens with one attached hydrogen (secondary N) is 1. The molecule has 0 bridgehead atoms. The molecular weight excluding hydrogens is 354 g/mol. The van der Waals surface area contributed by atoms with Gasteiger partial charge in [0.1, 0.15) is 5.82 Å². The number of aromatic nitrogens is 2. The van der Waals surface area contributed by atoms with Crippen LogP contribution in [-0.2, 0) is 15.0 Å². The van der Waals surface area contributed by atoms with Crippen molar-refractivity contribution in [1.82, 2.24) is 14.9 Å². The number of para-hydroxylation sites is 1. The van der Waals surface area contributed by atoms with E-state index in [0.29, 0.717) is 24.9 Å². The maximum absolute atomic E-state index is 13.2. The Morgan fingerprint density at radius 2 is 1.86 bits per heavy atom. The van der Waals surface area contributed by atoms with E-state index in [2.05, 4.69) is 10.3 Å². The Bertz CT molecular complexity index is 904. The van der Waals surface area contributed by atoms with E-state index in [1.54, 1.807) is 13.1 Å². The largest absolute Gasteiger partial charge is 0.343 e. The van der Waals surface area contributed by atoms with Crippen LogP contribution in [0.5, 0.6) is 0 Å². The molecule has 2 aromatic rings. The average molecular weight is 379 g/mol. The summed E-state index contributed by atoms with van der Waals surface area (Å²) in [5.41, 5.74) is 1.09. The van der Waals surface area contributed by atoms with E-state index in [4.69, 9.17) is 4.98 Å². The summed E-state index contributed by atoms with van der Waals surface area (Å²) in [6.45, 7) is 6.77. The molecule has 146 valence electrons. The maximum atomic E-state index is 13.2. The van der Waals surface area contributed by atoms with Gasteiger partial charge in [-0.1, -0.05) is 18.2 Å². The number of hydrogen-bond acceptors (Lipinski definition) is 5. The Morgan fingerprint density at radius 3 is 2.50 bits per heavy atom. The lowest BCUT2D eigenvalue weighted by atomic mass is 9.88.